The lowest BCUT2D eigenvalue weighted by Crippen LogP contribution is -2.23. The highest BCUT2D eigenvalue weighted by Crippen LogP contribution is 2.21. The summed E-state index contributed by atoms with van der Waals surface area (Å²) in [5, 5.41) is 0. The Bertz CT molecular complexity index is 137. The van der Waals surface area contributed by atoms with Gasteiger partial charge < -0.3 is 10.5 Å². The van der Waals surface area contributed by atoms with Crippen molar-refractivity contribution in [2.24, 2.45) is 5.73 Å². The Labute approximate surface area is 80.6 Å². The first-order valence-corrected chi connectivity index (χ1v) is 4.25. The van der Waals surface area contributed by atoms with Crippen molar-refractivity contribution in [1.82, 2.24) is 0 Å². The predicted octanol–water partition coefficient (Wildman–Crippen LogP) is 1.88. The summed E-state index contributed by atoms with van der Waals surface area (Å²) in [6, 6.07) is 0.440. The predicted molar refractivity (Wildman–Crippen MR) is 53.7 cm³/mol. The molecule has 1 rings (SSSR count). The van der Waals surface area contributed by atoms with Gasteiger partial charge in [0.1, 0.15) is 0 Å². The molecule has 1 aliphatic carbocycles. The Kier molecular flexibility index (Phi) is 6.44. The van der Waals surface area contributed by atoms with E-state index in [2.05, 4.69) is 6.08 Å². The third-order valence-corrected chi connectivity index (χ3v) is 2.21. The van der Waals surface area contributed by atoms with Crippen LogP contribution in [-0.2, 0) is 4.74 Å². The Morgan fingerprint density at radius 3 is 2.58 bits per heavy atom. The van der Waals surface area contributed by atoms with Gasteiger partial charge in [-0.05, 0) is 25.7 Å². The van der Waals surface area contributed by atoms with Gasteiger partial charge in [-0.2, -0.15) is 0 Å². The van der Waals surface area contributed by atoms with Crippen molar-refractivity contribution in [2.75, 3.05) is 13.7 Å². The van der Waals surface area contributed by atoms with Crippen molar-refractivity contribution in [3.05, 3.63) is 11.6 Å². The van der Waals surface area contributed by atoms with Crippen LogP contribution in [0.25, 0.3) is 0 Å². The fraction of sp³-hybridized carbons (Fsp3) is 0.778. The lowest BCUT2D eigenvalue weighted by Gasteiger charge is -2.19. The molecule has 1 aliphatic rings. The molecule has 2 N–H and O–H groups in total. The van der Waals surface area contributed by atoms with E-state index in [-0.39, 0.29) is 12.4 Å². The standard InChI is InChI=1S/C9H17NO.ClH/c1-11-7-6-8-2-4-9(10)5-3-8;/h6,9H,2-5,7,10H2,1H3;1H. The number of nitrogens with two attached hydrogens (primary N) is 1. The molecule has 0 aromatic carbocycles. The van der Waals surface area contributed by atoms with E-state index < -0.39 is 0 Å². The van der Waals surface area contributed by atoms with Crippen molar-refractivity contribution >= 4 is 12.4 Å². The topological polar surface area (TPSA) is 35.2 Å². The zero-order valence-corrected chi connectivity index (χ0v) is 8.40. The van der Waals surface area contributed by atoms with Crippen LogP contribution >= 0.6 is 12.4 Å². The first-order valence-electron chi connectivity index (χ1n) is 4.25. The Morgan fingerprint density at radius 2 is 2.08 bits per heavy atom. The van der Waals surface area contributed by atoms with Crippen molar-refractivity contribution in [3.8, 4) is 0 Å². The number of rotatable bonds is 2. The van der Waals surface area contributed by atoms with Crippen LogP contribution < -0.4 is 5.73 Å². The molecule has 0 radical (unpaired) electrons. The van der Waals surface area contributed by atoms with Gasteiger partial charge in [0.25, 0.3) is 0 Å². The lowest BCUT2D eigenvalue weighted by atomic mass is 9.91. The van der Waals surface area contributed by atoms with Gasteiger partial charge in [-0.15, -0.1) is 12.4 Å². The highest BCUT2D eigenvalue weighted by atomic mass is 35.5. The van der Waals surface area contributed by atoms with E-state index in [0.717, 1.165) is 19.4 Å². The molecule has 0 atom stereocenters. The molecular weight excluding hydrogens is 174 g/mol. The maximum absolute atomic E-state index is 5.77. The molecule has 2 nitrogen and oxygen atoms in total. The first kappa shape index (κ1) is 11.9. The SMILES string of the molecule is COCC=C1CCC(N)CC1.Cl. The zero-order chi connectivity index (χ0) is 8.10. The fourth-order valence-electron chi connectivity index (χ4n) is 1.42. The largest absolute Gasteiger partial charge is 0.381 e. The molecule has 0 aromatic heterocycles. The van der Waals surface area contributed by atoms with Gasteiger partial charge in [-0.25, -0.2) is 0 Å². The normalized spacial score (nSPS) is 23.2. The molecule has 1 fully saturated rings. The third-order valence-electron chi connectivity index (χ3n) is 2.21. The van der Waals surface area contributed by atoms with Gasteiger partial charge in [-0.1, -0.05) is 11.6 Å². The Hall–Kier alpha value is -0.0500. The molecule has 1 saturated carbocycles. The maximum atomic E-state index is 5.77. The summed E-state index contributed by atoms with van der Waals surface area (Å²) in [5.74, 6) is 0. The maximum Gasteiger partial charge on any atom is 0.0646 e. The minimum Gasteiger partial charge on any atom is -0.381 e. The monoisotopic (exact) mass is 191 g/mol. The van der Waals surface area contributed by atoms with Crippen LogP contribution in [-0.4, -0.2) is 19.8 Å². The van der Waals surface area contributed by atoms with Gasteiger partial charge >= 0.3 is 0 Å². The fourth-order valence-corrected chi connectivity index (χ4v) is 1.42. The van der Waals surface area contributed by atoms with Crippen LogP contribution in [0.1, 0.15) is 25.7 Å². The van der Waals surface area contributed by atoms with Crippen molar-refractivity contribution in [3.63, 3.8) is 0 Å². The van der Waals surface area contributed by atoms with Crippen molar-refractivity contribution in [1.29, 1.82) is 0 Å². The number of methoxy groups -OCH3 is 1. The minimum atomic E-state index is 0. The molecule has 0 heterocycles. The molecule has 0 saturated heterocycles. The van der Waals surface area contributed by atoms with Crippen LogP contribution in [0.4, 0.5) is 0 Å². The van der Waals surface area contributed by atoms with Crippen LogP contribution in [0, 0.1) is 0 Å². The van der Waals surface area contributed by atoms with Crippen LogP contribution in [0.3, 0.4) is 0 Å². The number of hydrogen-bond acceptors (Lipinski definition) is 2. The van der Waals surface area contributed by atoms with E-state index in [9.17, 15) is 0 Å². The van der Waals surface area contributed by atoms with Crippen LogP contribution in [0.5, 0.6) is 0 Å². The van der Waals surface area contributed by atoms with Gasteiger partial charge in [0.2, 0.25) is 0 Å². The van der Waals surface area contributed by atoms with E-state index in [1.165, 1.54) is 18.4 Å². The molecule has 72 valence electrons. The average Bonchev–Trinajstić information content (AvgIpc) is 2.04. The summed E-state index contributed by atoms with van der Waals surface area (Å²) in [5.41, 5.74) is 7.29. The summed E-state index contributed by atoms with van der Waals surface area (Å²) in [4.78, 5) is 0. The molecule has 3 heteroatoms. The second-order valence-electron chi connectivity index (χ2n) is 3.16. The molecule has 12 heavy (non-hydrogen) atoms. The van der Waals surface area contributed by atoms with Crippen LogP contribution in [0.15, 0.2) is 11.6 Å². The minimum absolute atomic E-state index is 0. The third kappa shape index (κ3) is 4.10. The van der Waals surface area contributed by atoms with Gasteiger partial charge in [-0.3, -0.25) is 0 Å². The van der Waals surface area contributed by atoms with E-state index >= 15 is 0 Å². The van der Waals surface area contributed by atoms with Gasteiger partial charge in [0.05, 0.1) is 6.61 Å². The van der Waals surface area contributed by atoms with E-state index in [1.54, 1.807) is 7.11 Å². The second kappa shape index (κ2) is 6.46. The van der Waals surface area contributed by atoms with Crippen molar-refractivity contribution < 1.29 is 4.74 Å². The Balaban J connectivity index is 0.00000121. The zero-order valence-electron chi connectivity index (χ0n) is 7.58. The summed E-state index contributed by atoms with van der Waals surface area (Å²) in [6.45, 7) is 0.755. The Morgan fingerprint density at radius 1 is 1.50 bits per heavy atom. The van der Waals surface area contributed by atoms with E-state index in [0.29, 0.717) is 6.04 Å². The number of ether oxygens (including phenoxy) is 1. The molecule has 0 aliphatic heterocycles. The number of hydrogen-bond donors (Lipinski definition) is 1. The van der Waals surface area contributed by atoms with Crippen molar-refractivity contribution in [2.45, 2.75) is 31.7 Å². The molecule has 0 aromatic rings. The number of allylic oxidation sites excluding steroid dienone is 1. The molecule has 0 unspecified atom stereocenters. The molecule has 0 spiro atoms. The second-order valence-corrected chi connectivity index (χ2v) is 3.16. The van der Waals surface area contributed by atoms with Gasteiger partial charge in [0.15, 0.2) is 0 Å². The summed E-state index contributed by atoms with van der Waals surface area (Å²) >= 11 is 0. The smallest absolute Gasteiger partial charge is 0.0646 e. The molecule has 0 amide bonds. The highest BCUT2D eigenvalue weighted by molar-refractivity contribution is 5.85. The van der Waals surface area contributed by atoms with E-state index in [1.807, 2.05) is 0 Å². The lowest BCUT2D eigenvalue weighted by molar-refractivity contribution is 0.232. The highest BCUT2D eigenvalue weighted by Gasteiger charge is 2.11. The van der Waals surface area contributed by atoms with Gasteiger partial charge in [0, 0.05) is 13.2 Å². The quantitative estimate of drug-likeness (QED) is 0.677. The average molecular weight is 192 g/mol. The first-order chi connectivity index (χ1) is 5.33. The molecule has 0 bridgehead atoms. The molecular formula is C9H18ClNO. The number of halogens is 1. The summed E-state index contributed by atoms with van der Waals surface area (Å²) in [7, 11) is 1.73. The van der Waals surface area contributed by atoms with Crippen LogP contribution in [0.2, 0.25) is 0 Å². The summed E-state index contributed by atoms with van der Waals surface area (Å²) in [6.07, 6.45) is 6.83. The van der Waals surface area contributed by atoms with E-state index in [4.69, 9.17) is 10.5 Å². The summed E-state index contributed by atoms with van der Waals surface area (Å²) < 4.78 is 4.96.